The maximum absolute atomic E-state index is 13.3. The van der Waals surface area contributed by atoms with Crippen LogP contribution in [0.15, 0.2) is 75.7 Å². The van der Waals surface area contributed by atoms with Crippen LogP contribution in [0.5, 0.6) is 0 Å². The number of carbonyl (C=O) groups excluding carboxylic acids is 1. The molecule has 2 aliphatic rings. The van der Waals surface area contributed by atoms with Gasteiger partial charge in [0.15, 0.2) is 10.6 Å². The second-order valence-corrected chi connectivity index (χ2v) is 8.19. The summed E-state index contributed by atoms with van der Waals surface area (Å²) >= 11 is 1.31. The first kappa shape index (κ1) is 17.9. The molecule has 29 heavy (non-hydrogen) atoms. The van der Waals surface area contributed by atoms with E-state index in [1.54, 1.807) is 22.8 Å². The van der Waals surface area contributed by atoms with E-state index in [9.17, 15) is 14.0 Å². The fourth-order valence-corrected chi connectivity index (χ4v) is 4.99. The number of aromatic nitrogens is 1. The summed E-state index contributed by atoms with van der Waals surface area (Å²) < 4.78 is 15.4. The molecule has 2 aromatic carbocycles. The molecule has 6 heteroatoms. The Hall–Kier alpha value is -3.12. The molecular weight excluding hydrogens is 387 g/mol. The maximum Gasteiger partial charge on any atom is 0.271 e. The molecule has 0 N–H and O–H groups in total. The highest BCUT2D eigenvalue weighted by Crippen LogP contribution is 2.35. The van der Waals surface area contributed by atoms with E-state index in [1.807, 2.05) is 30.3 Å². The van der Waals surface area contributed by atoms with Crippen LogP contribution in [-0.2, 0) is 4.79 Å². The molecule has 1 aromatic heterocycles. The number of ketones is 1. The van der Waals surface area contributed by atoms with Gasteiger partial charge in [0.2, 0.25) is 0 Å². The normalized spacial score (nSPS) is 19.0. The largest absolute Gasteiger partial charge is 0.294 e. The van der Waals surface area contributed by atoms with E-state index < -0.39 is 6.04 Å². The van der Waals surface area contributed by atoms with Gasteiger partial charge >= 0.3 is 0 Å². The first-order valence-electron chi connectivity index (χ1n) is 9.50. The fourth-order valence-electron chi connectivity index (χ4n) is 3.97. The molecule has 144 valence electrons. The summed E-state index contributed by atoms with van der Waals surface area (Å²) in [5, 5.41) is 0. The highest BCUT2D eigenvalue weighted by Gasteiger charge is 2.34. The number of hydrogen-bond donors (Lipinski definition) is 0. The van der Waals surface area contributed by atoms with Gasteiger partial charge in [-0.2, -0.15) is 0 Å². The zero-order valence-electron chi connectivity index (χ0n) is 15.5. The van der Waals surface area contributed by atoms with Crippen molar-refractivity contribution in [3.05, 3.63) is 102 Å². The van der Waals surface area contributed by atoms with Crippen molar-refractivity contribution in [2.75, 3.05) is 0 Å². The molecule has 1 atom stereocenters. The third-order valence-electron chi connectivity index (χ3n) is 5.31. The van der Waals surface area contributed by atoms with E-state index in [0.29, 0.717) is 21.3 Å². The number of hydrogen-bond acceptors (Lipinski definition) is 4. The molecule has 0 fully saturated rings. The standard InChI is InChI=1S/C23H17FN2O2S/c24-16-11-9-14(10-12-16)13-19-22(28)26-21(15-5-2-1-3-6-15)20-17(25-23(26)29-19)7-4-8-18(20)27/h1-3,5-6,9-13,21H,4,7-8H2/b19-13+. The smallest absolute Gasteiger partial charge is 0.271 e. The summed E-state index contributed by atoms with van der Waals surface area (Å²) in [4.78, 5) is 31.4. The van der Waals surface area contributed by atoms with Crippen molar-refractivity contribution in [2.24, 2.45) is 4.99 Å². The summed E-state index contributed by atoms with van der Waals surface area (Å²) in [6, 6.07) is 15.2. The molecule has 0 saturated carbocycles. The maximum atomic E-state index is 13.3. The van der Waals surface area contributed by atoms with Crippen LogP contribution in [0.3, 0.4) is 0 Å². The van der Waals surface area contributed by atoms with E-state index in [4.69, 9.17) is 4.99 Å². The molecule has 0 saturated heterocycles. The third-order valence-corrected chi connectivity index (χ3v) is 6.29. The SMILES string of the molecule is O=C1CCCC2=C1C(c1ccccc1)n1c(s/c(=C/c3ccc(F)cc3)c1=O)=N2. The Balaban J connectivity index is 1.76. The lowest BCUT2D eigenvalue weighted by atomic mass is 9.86. The molecular formula is C23H17FN2O2S. The Kier molecular flexibility index (Phi) is 4.36. The van der Waals surface area contributed by atoms with Gasteiger partial charge in [0.05, 0.1) is 16.3 Å². The predicted molar refractivity (Wildman–Crippen MR) is 110 cm³/mol. The lowest BCUT2D eigenvalue weighted by molar-refractivity contribution is -0.116. The quantitative estimate of drug-likeness (QED) is 0.659. The van der Waals surface area contributed by atoms with E-state index in [0.717, 1.165) is 29.7 Å². The molecule has 3 aromatic rings. The van der Waals surface area contributed by atoms with Crippen LogP contribution < -0.4 is 14.9 Å². The van der Waals surface area contributed by atoms with Crippen LogP contribution >= 0.6 is 11.3 Å². The summed E-state index contributed by atoms with van der Waals surface area (Å²) in [5.41, 5.74) is 2.90. The summed E-state index contributed by atoms with van der Waals surface area (Å²) in [6.45, 7) is 0. The predicted octanol–water partition coefficient (Wildman–Crippen LogP) is 3.11. The number of allylic oxidation sites excluding steroid dienone is 2. The number of nitrogens with zero attached hydrogens (tertiary/aromatic N) is 2. The van der Waals surface area contributed by atoms with E-state index >= 15 is 0 Å². The van der Waals surface area contributed by atoms with Crippen molar-refractivity contribution in [2.45, 2.75) is 25.3 Å². The summed E-state index contributed by atoms with van der Waals surface area (Å²) in [5.74, 6) is -0.254. The molecule has 1 unspecified atom stereocenters. The van der Waals surface area contributed by atoms with Gasteiger partial charge in [0, 0.05) is 12.0 Å². The van der Waals surface area contributed by atoms with Gasteiger partial charge < -0.3 is 0 Å². The van der Waals surface area contributed by atoms with Crippen molar-refractivity contribution >= 4 is 23.2 Å². The monoisotopic (exact) mass is 404 g/mol. The number of carbonyl (C=O) groups is 1. The van der Waals surface area contributed by atoms with Gasteiger partial charge in [0.1, 0.15) is 5.82 Å². The molecule has 1 aliphatic heterocycles. The number of halogens is 1. The van der Waals surface area contributed by atoms with Gasteiger partial charge in [-0.15, -0.1) is 0 Å². The van der Waals surface area contributed by atoms with E-state index in [-0.39, 0.29) is 17.2 Å². The van der Waals surface area contributed by atoms with Crippen molar-refractivity contribution in [3.8, 4) is 0 Å². The molecule has 0 spiro atoms. The second-order valence-electron chi connectivity index (χ2n) is 7.18. The Morgan fingerprint density at radius 2 is 1.79 bits per heavy atom. The minimum atomic E-state index is -0.453. The topological polar surface area (TPSA) is 51.4 Å². The number of benzene rings is 2. The Morgan fingerprint density at radius 1 is 1.03 bits per heavy atom. The molecule has 4 nitrogen and oxygen atoms in total. The molecule has 0 amide bonds. The highest BCUT2D eigenvalue weighted by atomic mass is 32.1. The lowest BCUT2D eigenvalue weighted by Crippen LogP contribution is -2.40. The van der Waals surface area contributed by atoms with Crippen LogP contribution in [0.2, 0.25) is 0 Å². The first-order chi connectivity index (χ1) is 14.1. The Morgan fingerprint density at radius 3 is 2.55 bits per heavy atom. The third kappa shape index (κ3) is 3.09. The number of thiazole rings is 1. The van der Waals surface area contributed by atoms with Gasteiger partial charge in [-0.3, -0.25) is 14.2 Å². The number of Topliss-reactive ketones (excluding diaryl/α,β-unsaturated/α-hetero) is 1. The molecule has 0 radical (unpaired) electrons. The fraction of sp³-hybridized carbons (Fsp3) is 0.174. The van der Waals surface area contributed by atoms with Crippen LogP contribution in [0.4, 0.5) is 4.39 Å². The van der Waals surface area contributed by atoms with Crippen molar-refractivity contribution in [3.63, 3.8) is 0 Å². The van der Waals surface area contributed by atoms with Crippen LogP contribution in [0.25, 0.3) is 6.08 Å². The van der Waals surface area contributed by atoms with Gasteiger partial charge in [-0.25, -0.2) is 9.38 Å². The van der Waals surface area contributed by atoms with E-state index in [1.165, 1.54) is 23.5 Å². The average Bonchev–Trinajstić information content (AvgIpc) is 3.04. The van der Waals surface area contributed by atoms with Crippen LogP contribution in [0, 0.1) is 5.82 Å². The lowest BCUT2D eigenvalue weighted by Gasteiger charge is -2.28. The second kappa shape index (κ2) is 7.04. The minimum absolute atomic E-state index is 0.0664. The first-order valence-corrected chi connectivity index (χ1v) is 10.3. The van der Waals surface area contributed by atoms with E-state index in [2.05, 4.69) is 0 Å². The summed E-state index contributed by atoms with van der Waals surface area (Å²) in [7, 11) is 0. The van der Waals surface area contributed by atoms with Crippen molar-refractivity contribution < 1.29 is 9.18 Å². The molecule has 5 rings (SSSR count). The zero-order valence-corrected chi connectivity index (χ0v) is 16.3. The average molecular weight is 404 g/mol. The molecule has 2 heterocycles. The van der Waals surface area contributed by atoms with Crippen LogP contribution in [-0.4, -0.2) is 10.4 Å². The van der Waals surface area contributed by atoms with Crippen molar-refractivity contribution in [1.82, 2.24) is 4.57 Å². The zero-order chi connectivity index (χ0) is 20.0. The van der Waals surface area contributed by atoms with Gasteiger partial charge in [-0.1, -0.05) is 53.8 Å². The molecule has 1 aliphatic carbocycles. The summed E-state index contributed by atoms with van der Waals surface area (Å²) in [6.07, 6.45) is 3.76. The Labute approximate surface area is 170 Å². The highest BCUT2D eigenvalue weighted by molar-refractivity contribution is 7.07. The Bertz CT molecular complexity index is 1320. The van der Waals surface area contributed by atoms with Gasteiger partial charge in [0.25, 0.3) is 5.56 Å². The number of rotatable bonds is 2. The number of fused-ring (bicyclic) bond motifs is 1. The minimum Gasteiger partial charge on any atom is -0.294 e. The van der Waals surface area contributed by atoms with Gasteiger partial charge in [-0.05, 0) is 42.2 Å². The van der Waals surface area contributed by atoms with Crippen LogP contribution in [0.1, 0.15) is 36.4 Å². The molecule has 0 bridgehead atoms. The van der Waals surface area contributed by atoms with Crippen molar-refractivity contribution in [1.29, 1.82) is 0 Å².